The molecule has 33 heavy (non-hydrogen) atoms. The van der Waals surface area contributed by atoms with Gasteiger partial charge in [-0.05, 0) is 68.7 Å². The molecule has 0 atom stereocenters. The lowest BCUT2D eigenvalue weighted by Gasteiger charge is -2.33. The number of benzene rings is 2. The Morgan fingerprint density at radius 1 is 1.18 bits per heavy atom. The van der Waals surface area contributed by atoms with Crippen LogP contribution in [-0.4, -0.2) is 30.7 Å². The van der Waals surface area contributed by atoms with E-state index in [4.69, 9.17) is 4.42 Å². The highest BCUT2D eigenvalue weighted by molar-refractivity contribution is 5.94. The third-order valence-electron chi connectivity index (χ3n) is 7.17. The molecule has 2 N–H and O–H groups in total. The molecule has 3 aromatic rings. The van der Waals surface area contributed by atoms with Gasteiger partial charge in [-0.2, -0.15) is 0 Å². The number of carboxylic acid groups (broad SMARTS) is 1. The minimum Gasteiger partial charge on any atom is -0.478 e. The van der Waals surface area contributed by atoms with Gasteiger partial charge < -0.3 is 19.7 Å². The smallest absolute Gasteiger partial charge is 0.337 e. The Bertz CT molecular complexity index is 1290. The first-order valence-corrected chi connectivity index (χ1v) is 11.4. The lowest BCUT2D eigenvalue weighted by atomic mass is 9.93. The first-order valence-electron chi connectivity index (χ1n) is 11.4. The molecule has 1 spiro atoms. The summed E-state index contributed by atoms with van der Waals surface area (Å²) in [4.78, 5) is 26.7. The summed E-state index contributed by atoms with van der Waals surface area (Å²) in [6.07, 6.45) is 5.18. The second kappa shape index (κ2) is 8.21. The van der Waals surface area contributed by atoms with Gasteiger partial charge in [-0.1, -0.05) is 12.1 Å². The molecule has 2 aliphatic rings. The quantitative estimate of drug-likeness (QED) is 0.552. The summed E-state index contributed by atoms with van der Waals surface area (Å²) >= 11 is 0. The van der Waals surface area contributed by atoms with Crippen LogP contribution in [0.15, 0.2) is 45.6 Å². The van der Waals surface area contributed by atoms with E-state index in [0.29, 0.717) is 46.7 Å². The largest absolute Gasteiger partial charge is 0.478 e. The highest BCUT2D eigenvalue weighted by atomic mass is 19.1. The van der Waals surface area contributed by atoms with Crippen molar-refractivity contribution in [3.63, 3.8) is 0 Å². The summed E-state index contributed by atoms with van der Waals surface area (Å²) in [5, 5.41) is 12.7. The number of piperidine rings is 1. The van der Waals surface area contributed by atoms with Crippen molar-refractivity contribution in [2.24, 2.45) is 5.41 Å². The highest BCUT2D eigenvalue weighted by Gasteiger charge is 2.45. The summed E-state index contributed by atoms with van der Waals surface area (Å²) in [6, 6.07) is 9.27. The van der Waals surface area contributed by atoms with Crippen molar-refractivity contribution in [1.82, 2.24) is 0 Å². The Balaban J connectivity index is 1.44. The van der Waals surface area contributed by atoms with Crippen molar-refractivity contribution in [1.29, 1.82) is 0 Å². The van der Waals surface area contributed by atoms with Gasteiger partial charge in [-0.15, -0.1) is 0 Å². The molecule has 2 fully saturated rings. The molecule has 0 bridgehead atoms. The molecule has 1 aromatic heterocycles. The maximum atomic E-state index is 14.4. The number of fused-ring (bicyclic) bond motifs is 1. The molecule has 1 saturated heterocycles. The molecule has 1 aliphatic heterocycles. The number of rotatable bonds is 6. The van der Waals surface area contributed by atoms with Crippen LogP contribution in [0.5, 0.6) is 0 Å². The normalized spacial score (nSPS) is 16.8. The average Bonchev–Trinajstić information content (AvgIpc) is 3.56. The van der Waals surface area contributed by atoms with Gasteiger partial charge in [-0.3, -0.25) is 4.79 Å². The van der Waals surface area contributed by atoms with Crippen LogP contribution in [-0.2, 0) is 6.42 Å². The molecular formula is C26H27FN2O4. The first-order chi connectivity index (χ1) is 15.9. The molecule has 1 saturated carbocycles. The van der Waals surface area contributed by atoms with Crippen molar-refractivity contribution in [3.8, 4) is 0 Å². The van der Waals surface area contributed by atoms with E-state index in [1.54, 1.807) is 25.1 Å². The van der Waals surface area contributed by atoms with E-state index in [0.717, 1.165) is 25.9 Å². The van der Waals surface area contributed by atoms with Crippen LogP contribution in [0, 0.1) is 18.2 Å². The lowest BCUT2D eigenvalue weighted by Crippen LogP contribution is -2.35. The molecule has 6 nitrogen and oxygen atoms in total. The molecular weight excluding hydrogens is 423 g/mol. The van der Waals surface area contributed by atoms with Gasteiger partial charge in [0.25, 0.3) is 0 Å². The van der Waals surface area contributed by atoms with Crippen LogP contribution in [0.4, 0.5) is 16.0 Å². The molecule has 172 valence electrons. The van der Waals surface area contributed by atoms with Crippen LogP contribution in [0.2, 0.25) is 0 Å². The summed E-state index contributed by atoms with van der Waals surface area (Å²) in [7, 11) is 0. The van der Waals surface area contributed by atoms with E-state index in [2.05, 4.69) is 10.2 Å². The SMILES string of the molecule is Cc1c(N2CCC3(CC2)CC3)oc2c(CCNc3ccccc3C(=O)O)cc(F)cc2c1=O. The molecule has 0 amide bonds. The van der Waals surface area contributed by atoms with Crippen molar-refractivity contribution < 1.29 is 18.7 Å². The van der Waals surface area contributed by atoms with E-state index in [1.807, 2.05) is 0 Å². The average molecular weight is 451 g/mol. The zero-order valence-electron chi connectivity index (χ0n) is 18.6. The van der Waals surface area contributed by atoms with Crippen LogP contribution in [0.3, 0.4) is 0 Å². The fourth-order valence-electron chi connectivity index (χ4n) is 4.92. The molecule has 7 heteroatoms. The molecule has 5 rings (SSSR count). The maximum absolute atomic E-state index is 14.4. The Hall–Kier alpha value is -3.35. The number of hydrogen-bond acceptors (Lipinski definition) is 5. The Morgan fingerprint density at radius 2 is 1.91 bits per heavy atom. The zero-order valence-corrected chi connectivity index (χ0v) is 18.6. The second-order valence-corrected chi connectivity index (χ2v) is 9.32. The van der Waals surface area contributed by atoms with Gasteiger partial charge in [0.2, 0.25) is 5.88 Å². The van der Waals surface area contributed by atoms with Crippen molar-refractivity contribution in [3.05, 3.63) is 69.1 Å². The summed E-state index contributed by atoms with van der Waals surface area (Å²) in [6.45, 7) is 3.83. The van der Waals surface area contributed by atoms with Gasteiger partial charge in [-0.25, -0.2) is 9.18 Å². The summed E-state index contributed by atoms with van der Waals surface area (Å²) < 4.78 is 20.7. The number of nitrogens with one attached hydrogen (secondary N) is 1. The van der Waals surface area contributed by atoms with E-state index in [1.165, 1.54) is 31.0 Å². The summed E-state index contributed by atoms with van der Waals surface area (Å²) in [5.41, 5.74) is 2.47. The Labute approximate surface area is 191 Å². The number of nitrogens with zero attached hydrogens (tertiary/aromatic N) is 1. The third-order valence-corrected chi connectivity index (χ3v) is 7.17. The Morgan fingerprint density at radius 3 is 2.61 bits per heavy atom. The minimum absolute atomic E-state index is 0.171. The maximum Gasteiger partial charge on any atom is 0.337 e. The van der Waals surface area contributed by atoms with Gasteiger partial charge in [0.05, 0.1) is 16.5 Å². The molecule has 0 unspecified atom stereocenters. The Kier molecular flexibility index (Phi) is 5.35. The number of carboxylic acids is 1. The molecule has 2 heterocycles. The molecule has 2 aromatic carbocycles. The van der Waals surface area contributed by atoms with Crippen molar-refractivity contribution in [2.45, 2.75) is 39.0 Å². The number of carbonyl (C=O) groups is 1. The van der Waals surface area contributed by atoms with Crippen molar-refractivity contribution >= 4 is 28.5 Å². The van der Waals surface area contributed by atoms with E-state index < -0.39 is 11.8 Å². The summed E-state index contributed by atoms with van der Waals surface area (Å²) in [5.74, 6) is -0.925. The second-order valence-electron chi connectivity index (χ2n) is 9.32. The van der Waals surface area contributed by atoms with E-state index in [9.17, 15) is 19.1 Å². The highest BCUT2D eigenvalue weighted by Crippen LogP contribution is 2.54. The van der Waals surface area contributed by atoms with Crippen LogP contribution in [0.1, 0.15) is 47.2 Å². The molecule has 0 radical (unpaired) electrons. The topological polar surface area (TPSA) is 82.8 Å². The van der Waals surface area contributed by atoms with Crippen LogP contribution < -0.4 is 15.6 Å². The minimum atomic E-state index is -1.02. The van der Waals surface area contributed by atoms with Gasteiger partial charge in [0.15, 0.2) is 5.43 Å². The third kappa shape index (κ3) is 4.08. The van der Waals surface area contributed by atoms with Gasteiger partial charge >= 0.3 is 5.97 Å². The fraction of sp³-hybridized carbons (Fsp3) is 0.385. The standard InChI is InChI=1S/C26H27FN2O4/c1-16-22(30)20-15-18(27)14-17(6-11-28-21-5-3-2-4-19(21)25(31)32)23(20)33-24(16)29-12-9-26(7-8-26)10-13-29/h2-5,14-15,28H,6-13H2,1H3,(H,31,32). The lowest BCUT2D eigenvalue weighted by molar-refractivity contribution is 0.0698. The van der Waals surface area contributed by atoms with Gasteiger partial charge in [0, 0.05) is 30.9 Å². The van der Waals surface area contributed by atoms with Crippen molar-refractivity contribution in [2.75, 3.05) is 29.9 Å². The van der Waals surface area contributed by atoms with Crippen LogP contribution in [0.25, 0.3) is 11.0 Å². The first kappa shape index (κ1) is 21.5. The fourth-order valence-corrected chi connectivity index (χ4v) is 4.92. The molecule has 1 aliphatic carbocycles. The number of hydrogen-bond donors (Lipinski definition) is 2. The number of anilines is 2. The number of aromatic carboxylic acids is 1. The predicted molar refractivity (Wildman–Crippen MR) is 126 cm³/mol. The monoisotopic (exact) mass is 450 g/mol. The van der Waals surface area contributed by atoms with Gasteiger partial charge in [0.1, 0.15) is 11.4 Å². The van der Waals surface area contributed by atoms with E-state index >= 15 is 0 Å². The predicted octanol–water partition coefficient (Wildman–Crippen LogP) is 4.97. The number of halogens is 1. The van der Waals surface area contributed by atoms with Crippen LogP contribution >= 0.6 is 0 Å². The zero-order chi connectivity index (χ0) is 23.2. The van der Waals surface area contributed by atoms with E-state index in [-0.39, 0.29) is 16.4 Å². The number of para-hydroxylation sites is 1.